The molecule has 0 bridgehead atoms. The molecule has 2 unspecified atom stereocenters. The summed E-state index contributed by atoms with van der Waals surface area (Å²) in [5.41, 5.74) is 2.23. The van der Waals surface area contributed by atoms with E-state index in [4.69, 9.17) is 0 Å². The maximum Gasteiger partial charge on any atom is 0.0914 e. The van der Waals surface area contributed by atoms with Gasteiger partial charge in [0.05, 0.1) is 6.10 Å². The predicted octanol–water partition coefficient (Wildman–Crippen LogP) is 1.89. The molecule has 0 aliphatic heterocycles. The molecule has 1 aromatic carbocycles. The zero-order chi connectivity index (χ0) is 14.3. The van der Waals surface area contributed by atoms with Crippen LogP contribution in [0.3, 0.4) is 0 Å². The Hall–Kier alpha value is -0.710. The van der Waals surface area contributed by atoms with Crippen LogP contribution in [0.5, 0.6) is 0 Å². The average Bonchev–Trinajstić information content (AvgIpc) is 2.34. The molecular formula is C15H25NO2S. The second kappa shape index (κ2) is 8.46. The normalized spacial score (nSPS) is 14.6. The van der Waals surface area contributed by atoms with Crippen LogP contribution in [0.15, 0.2) is 24.3 Å². The van der Waals surface area contributed by atoms with Gasteiger partial charge in [0.25, 0.3) is 0 Å². The van der Waals surface area contributed by atoms with Crippen LogP contribution in [-0.4, -0.2) is 34.4 Å². The quantitative estimate of drug-likeness (QED) is 0.716. The Labute approximate surface area is 118 Å². The molecule has 0 spiro atoms. The number of aliphatic hydroxyl groups excluding tert-OH is 1. The molecule has 4 heteroatoms. The van der Waals surface area contributed by atoms with Gasteiger partial charge in [-0.3, -0.25) is 4.21 Å². The molecule has 0 saturated heterocycles. The van der Waals surface area contributed by atoms with Crippen LogP contribution in [0.25, 0.3) is 0 Å². The Balaban J connectivity index is 2.39. The van der Waals surface area contributed by atoms with Crippen molar-refractivity contribution in [3.63, 3.8) is 0 Å². The van der Waals surface area contributed by atoms with E-state index in [0.717, 1.165) is 12.0 Å². The van der Waals surface area contributed by atoms with Gasteiger partial charge in [-0.15, -0.1) is 0 Å². The van der Waals surface area contributed by atoms with E-state index in [2.05, 4.69) is 31.3 Å². The van der Waals surface area contributed by atoms with Crippen LogP contribution in [0.2, 0.25) is 0 Å². The summed E-state index contributed by atoms with van der Waals surface area (Å²) < 4.78 is 10.9. The van der Waals surface area contributed by atoms with Gasteiger partial charge < -0.3 is 10.4 Å². The van der Waals surface area contributed by atoms with Crippen molar-refractivity contribution in [3.05, 3.63) is 35.4 Å². The van der Waals surface area contributed by atoms with Crippen LogP contribution in [0.1, 0.15) is 31.1 Å². The molecule has 2 N–H and O–H groups in total. The van der Waals surface area contributed by atoms with Gasteiger partial charge in [-0.1, -0.05) is 38.1 Å². The summed E-state index contributed by atoms with van der Waals surface area (Å²) in [4.78, 5) is 0. The first-order chi connectivity index (χ1) is 8.99. The summed E-state index contributed by atoms with van der Waals surface area (Å²) in [5, 5.41) is 13.1. The molecule has 3 nitrogen and oxygen atoms in total. The van der Waals surface area contributed by atoms with Crippen molar-refractivity contribution >= 4 is 10.8 Å². The molecule has 0 aliphatic carbocycles. The van der Waals surface area contributed by atoms with Crippen molar-refractivity contribution in [2.45, 2.75) is 26.4 Å². The highest BCUT2D eigenvalue weighted by Gasteiger charge is 2.07. The van der Waals surface area contributed by atoms with Gasteiger partial charge in [-0.2, -0.15) is 0 Å². The number of aliphatic hydroxyl groups is 1. The monoisotopic (exact) mass is 283 g/mol. The first-order valence-corrected chi connectivity index (χ1v) is 8.49. The fourth-order valence-corrected chi connectivity index (χ4v) is 2.35. The number of benzene rings is 1. The third-order valence-electron chi connectivity index (χ3n) is 2.91. The van der Waals surface area contributed by atoms with Crippen molar-refractivity contribution in [2.24, 2.45) is 5.92 Å². The van der Waals surface area contributed by atoms with Gasteiger partial charge in [0.1, 0.15) is 0 Å². The van der Waals surface area contributed by atoms with Gasteiger partial charge >= 0.3 is 0 Å². The molecule has 19 heavy (non-hydrogen) atoms. The van der Waals surface area contributed by atoms with Crippen LogP contribution in [-0.2, 0) is 17.2 Å². The van der Waals surface area contributed by atoms with E-state index in [1.807, 2.05) is 12.1 Å². The fourth-order valence-electron chi connectivity index (χ4n) is 1.92. The van der Waals surface area contributed by atoms with Crippen molar-refractivity contribution < 1.29 is 9.32 Å². The third-order valence-corrected chi connectivity index (χ3v) is 3.69. The lowest BCUT2D eigenvalue weighted by Crippen LogP contribution is -2.25. The molecule has 1 aromatic rings. The minimum absolute atomic E-state index is 0.501. The van der Waals surface area contributed by atoms with Crippen LogP contribution < -0.4 is 5.32 Å². The van der Waals surface area contributed by atoms with Crippen LogP contribution >= 0.6 is 0 Å². The molecular weight excluding hydrogens is 258 g/mol. The predicted molar refractivity (Wildman–Crippen MR) is 81.7 cm³/mol. The van der Waals surface area contributed by atoms with E-state index < -0.39 is 16.9 Å². The summed E-state index contributed by atoms with van der Waals surface area (Å²) >= 11 is 0. The molecule has 0 fully saturated rings. The van der Waals surface area contributed by atoms with E-state index in [1.165, 1.54) is 5.56 Å². The van der Waals surface area contributed by atoms with Crippen molar-refractivity contribution in [3.8, 4) is 0 Å². The lowest BCUT2D eigenvalue weighted by atomic mass is 10.0. The zero-order valence-electron chi connectivity index (χ0n) is 12.1. The van der Waals surface area contributed by atoms with Gasteiger partial charge in [0.15, 0.2) is 0 Å². The molecule has 2 atom stereocenters. The Morgan fingerprint density at radius 1 is 1.26 bits per heavy atom. The smallest absolute Gasteiger partial charge is 0.0914 e. The number of rotatable bonds is 8. The first kappa shape index (κ1) is 16.3. The summed E-state index contributed by atoms with van der Waals surface area (Å²) in [5.74, 6) is 1.27. The van der Waals surface area contributed by atoms with E-state index in [-0.39, 0.29) is 0 Å². The molecule has 108 valence electrons. The first-order valence-electron chi connectivity index (χ1n) is 6.76. The lowest BCUT2D eigenvalue weighted by molar-refractivity contribution is 0.175. The van der Waals surface area contributed by atoms with Gasteiger partial charge in [-0.05, 0) is 23.5 Å². The second-order valence-electron chi connectivity index (χ2n) is 5.34. The highest BCUT2D eigenvalue weighted by Crippen LogP contribution is 2.15. The van der Waals surface area contributed by atoms with Crippen LogP contribution in [0.4, 0.5) is 0 Å². The molecule has 0 heterocycles. The third kappa shape index (κ3) is 6.85. The summed E-state index contributed by atoms with van der Waals surface area (Å²) in [6, 6.07) is 8.14. The fraction of sp³-hybridized carbons (Fsp3) is 0.600. The molecule has 0 amide bonds. The minimum atomic E-state index is -0.778. The molecule has 1 rings (SSSR count). The van der Waals surface area contributed by atoms with Crippen LogP contribution in [0, 0.1) is 5.92 Å². The Morgan fingerprint density at radius 2 is 1.89 bits per heavy atom. The van der Waals surface area contributed by atoms with Gasteiger partial charge in [-0.25, -0.2) is 0 Å². The molecule has 0 radical (unpaired) electrons. The number of hydrogen-bond acceptors (Lipinski definition) is 3. The second-order valence-corrected chi connectivity index (χ2v) is 6.89. The average molecular weight is 283 g/mol. The summed E-state index contributed by atoms with van der Waals surface area (Å²) in [7, 11) is -0.778. The van der Waals surface area contributed by atoms with Gasteiger partial charge in [0, 0.05) is 35.9 Å². The standard InChI is InChI=1S/C15H25NO2S/c1-12(2)10-13-4-6-14(7-5-13)15(17)11-16-8-9-19(3)18/h4-7,12,15-17H,8-11H2,1-3H3. The molecule has 0 aromatic heterocycles. The maximum atomic E-state index is 10.9. The minimum Gasteiger partial charge on any atom is -0.387 e. The van der Waals surface area contributed by atoms with Crippen molar-refractivity contribution in [2.75, 3.05) is 25.1 Å². The Bertz CT molecular complexity index is 390. The van der Waals surface area contributed by atoms with E-state index in [1.54, 1.807) is 6.26 Å². The van der Waals surface area contributed by atoms with Crippen molar-refractivity contribution in [1.29, 1.82) is 0 Å². The number of nitrogens with one attached hydrogen (secondary N) is 1. The maximum absolute atomic E-state index is 10.9. The van der Waals surface area contributed by atoms with Crippen molar-refractivity contribution in [1.82, 2.24) is 5.32 Å². The Morgan fingerprint density at radius 3 is 2.42 bits per heavy atom. The molecule has 0 aliphatic rings. The highest BCUT2D eigenvalue weighted by atomic mass is 32.2. The summed E-state index contributed by atoms with van der Waals surface area (Å²) in [6.07, 6.45) is 2.25. The SMILES string of the molecule is CC(C)Cc1ccc(C(O)CNCCS(C)=O)cc1. The zero-order valence-corrected chi connectivity index (χ0v) is 12.9. The molecule has 0 saturated carbocycles. The summed E-state index contributed by atoms with van der Waals surface area (Å²) in [6.45, 7) is 5.57. The number of hydrogen-bond donors (Lipinski definition) is 2. The largest absolute Gasteiger partial charge is 0.387 e. The van der Waals surface area contributed by atoms with Gasteiger partial charge in [0.2, 0.25) is 0 Å². The topological polar surface area (TPSA) is 49.3 Å². The highest BCUT2D eigenvalue weighted by molar-refractivity contribution is 7.84. The van der Waals surface area contributed by atoms with E-state index >= 15 is 0 Å². The van der Waals surface area contributed by atoms with E-state index in [0.29, 0.717) is 24.8 Å². The lowest BCUT2D eigenvalue weighted by Gasteiger charge is -2.13. The van der Waals surface area contributed by atoms with E-state index in [9.17, 15) is 9.32 Å². The Kier molecular flexibility index (Phi) is 7.28.